The Labute approximate surface area is 299 Å². The van der Waals surface area contributed by atoms with E-state index in [-0.39, 0.29) is 47.1 Å². The number of aliphatic imine (C=N–C) groups is 1. The maximum absolute atomic E-state index is 15.0. The highest BCUT2D eigenvalue weighted by molar-refractivity contribution is 6.32. The summed E-state index contributed by atoms with van der Waals surface area (Å²) in [6.45, 7) is 5.04. The Morgan fingerprint density at radius 2 is 1.77 bits per heavy atom. The van der Waals surface area contributed by atoms with Gasteiger partial charge in [0.2, 0.25) is 0 Å². The summed E-state index contributed by atoms with van der Waals surface area (Å²) in [5.74, 6) is -2.78. The molecule has 2 aliphatic rings. The average molecular weight is 748 g/mol. The number of pyridine rings is 1. The minimum absolute atomic E-state index is 0.0187. The van der Waals surface area contributed by atoms with Crippen molar-refractivity contribution in [2.24, 2.45) is 28.6 Å². The minimum Gasteiger partial charge on any atom is -0.463 e. The topological polar surface area (TPSA) is 138 Å². The fourth-order valence-electron chi connectivity index (χ4n) is 6.73. The quantitative estimate of drug-likeness (QED) is 0.144. The van der Waals surface area contributed by atoms with Crippen LogP contribution in [0.1, 0.15) is 75.9 Å². The van der Waals surface area contributed by atoms with E-state index in [9.17, 15) is 36.3 Å². The lowest BCUT2D eigenvalue weighted by Crippen LogP contribution is -2.47. The van der Waals surface area contributed by atoms with Gasteiger partial charge in [-0.25, -0.2) is 23.4 Å². The molecule has 0 saturated heterocycles. The highest BCUT2D eigenvalue weighted by Gasteiger charge is 2.64. The van der Waals surface area contributed by atoms with Crippen molar-refractivity contribution in [1.29, 1.82) is 0 Å². The Balaban J connectivity index is 1.45. The number of fused-ring (bicyclic) bond motifs is 1. The number of guanidine groups is 1. The molecule has 0 bridgehead atoms. The van der Waals surface area contributed by atoms with Crippen molar-refractivity contribution in [1.82, 2.24) is 24.2 Å². The second-order valence-corrected chi connectivity index (χ2v) is 14.8. The molecular weight excluding hydrogens is 713 g/mol. The Morgan fingerprint density at radius 3 is 2.40 bits per heavy atom. The first-order valence-corrected chi connectivity index (χ1v) is 16.6. The van der Waals surface area contributed by atoms with E-state index in [1.54, 1.807) is 31.3 Å². The van der Waals surface area contributed by atoms with Gasteiger partial charge < -0.3 is 15.0 Å². The van der Waals surface area contributed by atoms with Crippen LogP contribution in [-0.2, 0) is 26.9 Å². The Morgan fingerprint density at radius 1 is 1.06 bits per heavy atom. The number of nitrogens with zero attached hydrogens (tertiary/aromatic N) is 6. The van der Waals surface area contributed by atoms with Crippen LogP contribution in [0.3, 0.4) is 0 Å². The van der Waals surface area contributed by atoms with Gasteiger partial charge in [-0.05, 0) is 71.5 Å². The molecule has 0 radical (unpaired) electrons. The number of carbonyl (C=O) groups excluding carboxylic acids is 2. The number of amides is 1. The molecule has 11 nitrogen and oxygen atoms in total. The Kier molecular flexibility index (Phi) is 9.21. The van der Waals surface area contributed by atoms with Crippen LogP contribution in [0.5, 0.6) is 0 Å². The SMILES string of the molecule is Cn1c(=O)ccc2cc([C@@]3(CC(C)(C)C)N=C(N)N([C@H](COC(=O)CC4(C(F)(F)F)CC4)c4ccc(Cl)c(-n5ncnc5C(F)F)c4)C3=O)ccc21. The summed E-state index contributed by atoms with van der Waals surface area (Å²) in [5.41, 5.74) is 3.15. The van der Waals surface area contributed by atoms with E-state index in [0.29, 0.717) is 16.5 Å². The number of rotatable bonds is 10. The van der Waals surface area contributed by atoms with Crippen molar-refractivity contribution >= 4 is 40.3 Å². The van der Waals surface area contributed by atoms with Gasteiger partial charge >= 0.3 is 12.1 Å². The molecule has 276 valence electrons. The van der Waals surface area contributed by atoms with Gasteiger partial charge in [0.25, 0.3) is 17.9 Å². The molecule has 1 aliphatic carbocycles. The monoisotopic (exact) mass is 747 g/mol. The zero-order valence-corrected chi connectivity index (χ0v) is 29.3. The van der Waals surface area contributed by atoms with Crippen LogP contribution in [0, 0.1) is 10.8 Å². The van der Waals surface area contributed by atoms with Gasteiger partial charge in [-0.2, -0.15) is 18.3 Å². The van der Waals surface area contributed by atoms with Gasteiger partial charge in [-0.1, -0.05) is 44.5 Å². The lowest BCUT2D eigenvalue weighted by molar-refractivity contribution is -0.195. The van der Waals surface area contributed by atoms with E-state index < -0.39 is 65.7 Å². The molecule has 0 unspecified atom stereocenters. The molecule has 2 atom stereocenters. The maximum Gasteiger partial charge on any atom is 0.395 e. The largest absolute Gasteiger partial charge is 0.463 e. The molecule has 2 aromatic heterocycles. The van der Waals surface area contributed by atoms with E-state index >= 15 is 0 Å². The van der Waals surface area contributed by atoms with Crippen LogP contribution in [0.2, 0.25) is 5.02 Å². The third kappa shape index (κ3) is 6.63. The van der Waals surface area contributed by atoms with Gasteiger partial charge in [0.15, 0.2) is 17.3 Å². The Bertz CT molecular complexity index is 2160. The summed E-state index contributed by atoms with van der Waals surface area (Å²) in [6.07, 6.45) is -7.97. The summed E-state index contributed by atoms with van der Waals surface area (Å²) in [4.78, 5) is 49.7. The second-order valence-electron chi connectivity index (χ2n) is 14.4. The molecule has 52 heavy (non-hydrogen) atoms. The van der Waals surface area contributed by atoms with Crippen molar-refractivity contribution in [2.75, 3.05) is 6.61 Å². The normalized spacial score (nSPS) is 19.3. The first kappa shape index (κ1) is 36.9. The summed E-state index contributed by atoms with van der Waals surface area (Å²) in [7, 11) is 1.61. The number of aromatic nitrogens is 4. The molecule has 17 heteroatoms. The molecule has 2 aromatic carbocycles. The molecule has 0 spiro atoms. The van der Waals surface area contributed by atoms with Crippen LogP contribution in [0.4, 0.5) is 22.0 Å². The summed E-state index contributed by atoms with van der Waals surface area (Å²) < 4.78 is 76.5. The molecule has 1 aliphatic heterocycles. The van der Waals surface area contributed by atoms with Crippen molar-refractivity contribution in [3.63, 3.8) is 0 Å². The molecule has 6 rings (SSSR count). The summed E-state index contributed by atoms with van der Waals surface area (Å²) in [5, 5.41) is 4.50. The number of halogens is 6. The standard InChI is InChI=1S/C35H35ClF5N7O4/c1-32(2,3)17-34(21-7-9-23-19(13-21)6-10-26(49)46(23)4)30(51)47(31(42)45-34)25(16-52-27(50)15-33(11-12-33)35(39,40)41)20-5-8-22(36)24(14-20)48-29(28(37)38)43-18-44-48/h5-10,13-14,18,25,28H,11-12,15-17H2,1-4H3,(H2,42,45)/t25-,34-/m1/s1. The number of alkyl halides is 5. The van der Waals surface area contributed by atoms with Crippen molar-refractivity contribution in [3.05, 3.63) is 87.2 Å². The summed E-state index contributed by atoms with van der Waals surface area (Å²) in [6, 6.07) is 10.9. The third-order valence-corrected chi connectivity index (χ3v) is 9.84. The lowest BCUT2D eigenvalue weighted by Gasteiger charge is -2.35. The van der Waals surface area contributed by atoms with Gasteiger partial charge in [0.05, 0.1) is 34.1 Å². The van der Waals surface area contributed by atoms with Crippen LogP contribution >= 0.6 is 11.6 Å². The second kappa shape index (κ2) is 13.0. The van der Waals surface area contributed by atoms with Gasteiger partial charge in [0.1, 0.15) is 12.9 Å². The van der Waals surface area contributed by atoms with Crippen molar-refractivity contribution in [2.45, 2.75) is 70.6 Å². The number of esters is 1. The van der Waals surface area contributed by atoms with Gasteiger partial charge in [0, 0.05) is 13.1 Å². The van der Waals surface area contributed by atoms with E-state index in [4.69, 9.17) is 27.1 Å². The Hall–Kier alpha value is -4.86. The predicted molar refractivity (Wildman–Crippen MR) is 181 cm³/mol. The first-order valence-electron chi connectivity index (χ1n) is 16.3. The van der Waals surface area contributed by atoms with E-state index in [1.165, 1.54) is 28.8 Å². The molecular formula is C35H35ClF5N7O4. The lowest BCUT2D eigenvalue weighted by atomic mass is 9.75. The minimum atomic E-state index is -4.61. The predicted octanol–water partition coefficient (Wildman–Crippen LogP) is 6.52. The molecule has 4 aromatic rings. The zero-order chi connectivity index (χ0) is 38.0. The fraction of sp³-hybridized carbons (Fsp3) is 0.429. The maximum atomic E-state index is 15.0. The highest BCUT2D eigenvalue weighted by atomic mass is 35.5. The molecule has 1 amide bonds. The average Bonchev–Trinajstić information content (AvgIpc) is 3.60. The molecule has 2 N–H and O–H groups in total. The number of aryl methyl sites for hydroxylation is 1. The van der Waals surface area contributed by atoms with E-state index in [0.717, 1.165) is 15.9 Å². The number of ether oxygens (including phenoxy) is 1. The molecule has 3 heterocycles. The van der Waals surface area contributed by atoms with Gasteiger partial charge in [-0.15, -0.1) is 0 Å². The van der Waals surface area contributed by atoms with Crippen molar-refractivity contribution < 1.29 is 36.3 Å². The van der Waals surface area contributed by atoms with Crippen LogP contribution < -0.4 is 11.3 Å². The fourth-order valence-corrected chi connectivity index (χ4v) is 6.93. The molecule has 1 saturated carbocycles. The zero-order valence-electron chi connectivity index (χ0n) is 28.5. The van der Waals surface area contributed by atoms with E-state index in [2.05, 4.69) is 10.1 Å². The number of hydrogen-bond acceptors (Lipinski definition) is 8. The smallest absolute Gasteiger partial charge is 0.395 e. The number of carbonyl (C=O) groups is 2. The third-order valence-electron chi connectivity index (χ3n) is 9.52. The van der Waals surface area contributed by atoms with Crippen LogP contribution in [-0.4, -0.2) is 54.9 Å². The first-order chi connectivity index (χ1) is 24.3. The van der Waals surface area contributed by atoms with Gasteiger partial charge in [-0.3, -0.25) is 19.3 Å². The summed E-state index contributed by atoms with van der Waals surface area (Å²) >= 11 is 6.43. The highest BCUT2D eigenvalue weighted by Crippen LogP contribution is 2.60. The number of benzene rings is 2. The molecule has 1 fully saturated rings. The van der Waals surface area contributed by atoms with Crippen LogP contribution in [0.25, 0.3) is 16.6 Å². The van der Waals surface area contributed by atoms with Crippen LogP contribution in [0.15, 0.2) is 64.6 Å². The van der Waals surface area contributed by atoms with E-state index in [1.807, 2.05) is 20.8 Å². The van der Waals surface area contributed by atoms with Crippen molar-refractivity contribution in [3.8, 4) is 5.69 Å². The number of nitrogens with two attached hydrogens (primary N) is 1. The number of hydrogen-bond donors (Lipinski definition) is 1.